The van der Waals surface area contributed by atoms with E-state index < -0.39 is 32.4 Å². The predicted molar refractivity (Wildman–Crippen MR) is 53.6 cm³/mol. The van der Waals surface area contributed by atoms with Crippen LogP contribution in [0.2, 0.25) is 0 Å². The van der Waals surface area contributed by atoms with Crippen LogP contribution in [0.1, 0.15) is 0 Å². The smallest absolute Gasteiger partial charge is 0.269 e. The van der Waals surface area contributed by atoms with Crippen LogP contribution in [-0.2, 0) is 10.0 Å². The minimum absolute atomic E-state index is 0.252. The molecule has 1 heterocycles. The molecule has 0 aliphatic heterocycles. The van der Waals surface area contributed by atoms with Gasteiger partial charge >= 0.3 is 0 Å². The molecular weight excluding hydrogens is 273 g/mol. The second-order valence-electron chi connectivity index (χ2n) is 3.19. The molecule has 0 aliphatic rings. The first-order valence-electron chi connectivity index (χ1n) is 4.48. The lowest BCUT2D eigenvalue weighted by Crippen LogP contribution is -2.17. The van der Waals surface area contributed by atoms with Crippen LogP contribution in [0.5, 0.6) is 0 Å². The SMILES string of the molecule is O=S(=O)(Nc1ccon1)c1c(F)cc(F)cc1F. The molecule has 0 saturated heterocycles. The summed E-state index contributed by atoms with van der Waals surface area (Å²) in [7, 11) is -4.55. The summed E-state index contributed by atoms with van der Waals surface area (Å²) >= 11 is 0. The second-order valence-corrected chi connectivity index (χ2v) is 4.81. The van der Waals surface area contributed by atoms with Crippen molar-refractivity contribution in [2.75, 3.05) is 4.72 Å². The van der Waals surface area contributed by atoms with Crippen molar-refractivity contribution in [1.82, 2.24) is 5.16 Å². The van der Waals surface area contributed by atoms with Crippen LogP contribution in [-0.4, -0.2) is 13.6 Å². The number of nitrogens with zero attached hydrogens (tertiary/aromatic N) is 1. The molecule has 9 heteroatoms. The van der Waals surface area contributed by atoms with E-state index >= 15 is 0 Å². The van der Waals surface area contributed by atoms with Gasteiger partial charge in [0.1, 0.15) is 23.7 Å². The first kappa shape index (κ1) is 12.4. The molecule has 96 valence electrons. The van der Waals surface area contributed by atoms with E-state index in [0.717, 1.165) is 12.3 Å². The number of sulfonamides is 1. The maximum absolute atomic E-state index is 13.3. The Balaban J connectivity index is 2.48. The van der Waals surface area contributed by atoms with Crippen LogP contribution in [0.3, 0.4) is 0 Å². The monoisotopic (exact) mass is 278 g/mol. The zero-order chi connectivity index (χ0) is 13.3. The summed E-state index contributed by atoms with van der Waals surface area (Å²) in [6.07, 6.45) is 1.06. The Morgan fingerprint density at radius 2 is 1.78 bits per heavy atom. The van der Waals surface area contributed by atoms with E-state index in [1.807, 2.05) is 0 Å². The average molecular weight is 278 g/mol. The molecule has 0 spiro atoms. The normalized spacial score (nSPS) is 11.5. The van der Waals surface area contributed by atoms with E-state index in [-0.39, 0.29) is 18.0 Å². The molecule has 2 rings (SSSR count). The fraction of sp³-hybridized carbons (Fsp3) is 0. The molecule has 0 aliphatic carbocycles. The zero-order valence-corrected chi connectivity index (χ0v) is 9.34. The summed E-state index contributed by atoms with van der Waals surface area (Å²) in [4.78, 5) is -1.29. The highest BCUT2D eigenvalue weighted by Crippen LogP contribution is 2.22. The first-order chi connectivity index (χ1) is 8.40. The third-order valence-corrected chi connectivity index (χ3v) is 3.31. The van der Waals surface area contributed by atoms with Gasteiger partial charge in [0.05, 0.1) is 0 Å². The van der Waals surface area contributed by atoms with E-state index in [4.69, 9.17) is 0 Å². The highest BCUT2D eigenvalue weighted by Gasteiger charge is 2.25. The summed E-state index contributed by atoms with van der Waals surface area (Å²) in [5, 5.41) is 3.22. The number of hydrogen-bond donors (Lipinski definition) is 1. The van der Waals surface area contributed by atoms with Crippen LogP contribution in [0, 0.1) is 17.5 Å². The lowest BCUT2D eigenvalue weighted by molar-refractivity contribution is 0.423. The molecule has 5 nitrogen and oxygen atoms in total. The minimum Gasteiger partial charge on any atom is -0.363 e. The van der Waals surface area contributed by atoms with E-state index in [9.17, 15) is 21.6 Å². The number of nitrogens with one attached hydrogen (secondary N) is 1. The second kappa shape index (κ2) is 4.33. The number of benzene rings is 1. The topological polar surface area (TPSA) is 72.2 Å². The Kier molecular flexibility index (Phi) is 2.99. The minimum atomic E-state index is -4.55. The van der Waals surface area contributed by atoms with Crippen LogP contribution < -0.4 is 4.72 Å². The Hall–Kier alpha value is -2.03. The number of rotatable bonds is 3. The number of hydrogen-bond acceptors (Lipinski definition) is 4. The maximum Gasteiger partial charge on any atom is 0.269 e. The molecule has 0 saturated carbocycles. The Bertz CT molecular complexity index is 647. The molecule has 0 amide bonds. The fourth-order valence-corrected chi connectivity index (χ4v) is 2.35. The van der Waals surface area contributed by atoms with Crippen molar-refractivity contribution in [3.63, 3.8) is 0 Å². The summed E-state index contributed by atoms with van der Waals surface area (Å²) in [6.45, 7) is 0. The van der Waals surface area contributed by atoms with Gasteiger partial charge in [0.25, 0.3) is 10.0 Å². The predicted octanol–water partition coefficient (Wildman–Crippen LogP) is 1.89. The first-order valence-corrected chi connectivity index (χ1v) is 5.96. The van der Waals surface area contributed by atoms with Gasteiger partial charge in [-0.15, -0.1) is 0 Å². The molecule has 2 aromatic rings. The molecule has 18 heavy (non-hydrogen) atoms. The number of aromatic nitrogens is 1. The zero-order valence-electron chi connectivity index (χ0n) is 8.52. The van der Waals surface area contributed by atoms with Gasteiger partial charge in [-0.3, -0.25) is 4.72 Å². The lowest BCUT2D eigenvalue weighted by atomic mass is 10.3. The van der Waals surface area contributed by atoms with Gasteiger partial charge in [-0.2, -0.15) is 0 Å². The van der Waals surface area contributed by atoms with Crippen LogP contribution >= 0.6 is 0 Å². The fourth-order valence-electron chi connectivity index (χ4n) is 1.24. The van der Waals surface area contributed by atoms with Gasteiger partial charge in [-0.05, 0) is 0 Å². The molecule has 0 unspecified atom stereocenters. The van der Waals surface area contributed by atoms with Gasteiger partial charge in [0.15, 0.2) is 10.7 Å². The summed E-state index contributed by atoms with van der Waals surface area (Å²) in [5.74, 6) is -4.55. The number of halogens is 3. The highest BCUT2D eigenvalue weighted by molar-refractivity contribution is 7.92. The van der Waals surface area contributed by atoms with Crippen molar-refractivity contribution < 1.29 is 26.1 Å². The lowest BCUT2D eigenvalue weighted by Gasteiger charge is -2.07. The quantitative estimate of drug-likeness (QED) is 0.930. The van der Waals surface area contributed by atoms with Gasteiger partial charge in [-0.1, -0.05) is 5.16 Å². The highest BCUT2D eigenvalue weighted by atomic mass is 32.2. The van der Waals surface area contributed by atoms with Crippen LogP contribution in [0.15, 0.2) is 33.9 Å². The summed E-state index contributed by atoms with van der Waals surface area (Å²) in [6, 6.07) is 1.66. The molecule has 1 aromatic carbocycles. The molecule has 0 atom stereocenters. The van der Waals surface area contributed by atoms with E-state index in [1.165, 1.54) is 0 Å². The molecule has 0 bridgehead atoms. The Morgan fingerprint density at radius 1 is 1.17 bits per heavy atom. The van der Waals surface area contributed by atoms with Crippen molar-refractivity contribution in [3.8, 4) is 0 Å². The largest absolute Gasteiger partial charge is 0.363 e. The van der Waals surface area contributed by atoms with Crippen molar-refractivity contribution >= 4 is 15.8 Å². The third kappa shape index (κ3) is 2.30. The Labute approximate surface area is 99.3 Å². The molecular formula is C9H5F3N2O3S. The maximum atomic E-state index is 13.3. The van der Waals surface area contributed by atoms with Gasteiger partial charge in [-0.25, -0.2) is 21.6 Å². The van der Waals surface area contributed by atoms with Gasteiger partial charge < -0.3 is 4.52 Å². The Morgan fingerprint density at radius 3 is 2.28 bits per heavy atom. The standard InChI is InChI=1S/C9H5F3N2O3S/c10-5-3-6(11)9(7(12)4-5)18(15,16)14-8-1-2-17-13-8/h1-4H,(H,13,14). The molecule has 1 aromatic heterocycles. The van der Waals surface area contributed by atoms with Gasteiger partial charge in [0.2, 0.25) is 0 Å². The average Bonchev–Trinajstić information content (AvgIpc) is 2.66. The number of anilines is 1. The van der Waals surface area contributed by atoms with Crippen molar-refractivity contribution in [3.05, 3.63) is 41.9 Å². The van der Waals surface area contributed by atoms with E-state index in [2.05, 4.69) is 9.68 Å². The van der Waals surface area contributed by atoms with Crippen LogP contribution in [0.4, 0.5) is 19.0 Å². The van der Waals surface area contributed by atoms with Crippen molar-refractivity contribution in [2.24, 2.45) is 0 Å². The van der Waals surface area contributed by atoms with Crippen molar-refractivity contribution in [2.45, 2.75) is 4.90 Å². The van der Waals surface area contributed by atoms with Gasteiger partial charge in [0, 0.05) is 18.2 Å². The van der Waals surface area contributed by atoms with Crippen molar-refractivity contribution in [1.29, 1.82) is 0 Å². The molecule has 0 fully saturated rings. The third-order valence-electron chi connectivity index (χ3n) is 1.91. The summed E-state index contributed by atoms with van der Waals surface area (Å²) in [5.41, 5.74) is 0. The molecule has 1 N–H and O–H groups in total. The summed E-state index contributed by atoms with van der Waals surface area (Å²) < 4.78 is 68.7. The van der Waals surface area contributed by atoms with Crippen LogP contribution in [0.25, 0.3) is 0 Å². The van der Waals surface area contributed by atoms with E-state index in [1.54, 1.807) is 4.72 Å². The van der Waals surface area contributed by atoms with E-state index in [0.29, 0.717) is 0 Å². The molecule has 0 radical (unpaired) electrons.